The summed E-state index contributed by atoms with van der Waals surface area (Å²) >= 11 is 0. The number of benzene rings is 2. The van der Waals surface area contributed by atoms with Gasteiger partial charge in [-0.05, 0) is 51.2 Å². The highest BCUT2D eigenvalue weighted by atomic mass is 16.5. The highest BCUT2D eigenvalue weighted by Gasteiger charge is 2.19. The van der Waals surface area contributed by atoms with Crippen molar-refractivity contribution in [2.45, 2.75) is 33.2 Å². The number of ether oxygens (including phenoxy) is 1. The Morgan fingerprint density at radius 1 is 1.00 bits per heavy atom. The quantitative estimate of drug-likeness (QED) is 0.382. The fraction of sp³-hybridized carbons (Fsp3) is 0.308. The fourth-order valence-corrected chi connectivity index (χ4v) is 4.00. The van der Waals surface area contributed by atoms with Gasteiger partial charge in [-0.1, -0.05) is 25.5 Å². The largest absolute Gasteiger partial charge is 0.507 e. The maximum Gasteiger partial charge on any atom is 0.344 e. The lowest BCUT2D eigenvalue weighted by Crippen LogP contribution is -2.19. The molecule has 0 aliphatic heterocycles. The molecule has 0 saturated heterocycles. The third kappa shape index (κ3) is 4.50. The highest BCUT2D eigenvalue weighted by molar-refractivity contribution is 5.97. The van der Waals surface area contributed by atoms with Crippen LogP contribution >= 0.6 is 0 Å². The van der Waals surface area contributed by atoms with Gasteiger partial charge in [-0.15, -0.1) is 0 Å². The molecular weight excluding hydrogens is 422 g/mol. The van der Waals surface area contributed by atoms with Gasteiger partial charge in [0.15, 0.2) is 11.3 Å². The van der Waals surface area contributed by atoms with E-state index in [1.165, 1.54) is 6.07 Å². The van der Waals surface area contributed by atoms with Gasteiger partial charge in [0, 0.05) is 28.9 Å². The predicted molar refractivity (Wildman–Crippen MR) is 128 cm³/mol. The molecule has 172 valence electrons. The number of hydrogen-bond donors (Lipinski definition) is 1. The number of unbranched alkanes of at least 4 members (excludes halogenated alkanes) is 1. The summed E-state index contributed by atoms with van der Waals surface area (Å²) < 4.78 is 16.7. The lowest BCUT2D eigenvalue weighted by Gasteiger charge is -2.18. The normalized spacial score (nSPS) is 11.5. The van der Waals surface area contributed by atoms with Crippen LogP contribution < -0.4 is 16.0 Å². The number of aromatic hydroxyl groups is 1. The average molecular weight is 450 g/mol. The van der Waals surface area contributed by atoms with Crippen LogP contribution in [0.5, 0.6) is 11.5 Å². The van der Waals surface area contributed by atoms with E-state index in [1.807, 2.05) is 26.1 Å². The zero-order chi connectivity index (χ0) is 23.5. The summed E-state index contributed by atoms with van der Waals surface area (Å²) in [6.45, 7) is 5.65. The SMILES string of the molecule is CCCCN(C)Cc1c(O)ccc2c(-c3cc4cccc(OCC)c4oc3=O)cc(=O)oc12. The molecule has 4 aromatic rings. The monoisotopic (exact) mass is 449 g/mol. The summed E-state index contributed by atoms with van der Waals surface area (Å²) in [6, 6.07) is 11.6. The third-order valence-corrected chi connectivity index (χ3v) is 5.63. The van der Waals surface area contributed by atoms with Crippen LogP contribution in [0.2, 0.25) is 0 Å². The van der Waals surface area contributed by atoms with E-state index in [4.69, 9.17) is 13.6 Å². The first-order valence-electron chi connectivity index (χ1n) is 11.1. The van der Waals surface area contributed by atoms with Gasteiger partial charge in [0.05, 0.1) is 17.7 Å². The lowest BCUT2D eigenvalue weighted by atomic mass is 9.99. The highest BCUT2D eigenvalue weighted by Crippen LogP contribution is 2.34. The topological polar surface area (TPSA) is 93.1 Å². The van der Waals surface area contributed by atoms with Crippen molar-refractivity contribution in [2.75, 3.05) is 20.2 Å². The Labute approximate surface area is 190 Å². The third-order valence-electron chi connectivity index (χ3n) is 5.63. The minimum atomic E-state index is -0.608. The van der Waals surface area contributed by atoms with Crippen LogP contribution in [0.1, 0.15) is 32.3 Å². The summed E-state index contributed by atoms with van der Waals surface area (Å²) in [5, 5.41) is 11.8. The predicted octanol–water partition coefficient (Wildman–Crippen LogP) is 4.90. The molecular formula is C26H27NO6. The number of hydrogen-bond acceptors (Lipinski definition) is 7. The Morgan fingerprint density at radius 3 is 2.58 bits per heavy atom. The van der Waals surface area contributed by atoms with Gasteiger partial charge in [-0.25, -0.2) is 9.59 Å². The minimum Gasteiger partial charge on any atom is -0.507 e. The minimum absolute atomic E-state index is 0.0399. The fourth-order valence-electron chi connectivity index (χ4n) is 4.00. The number of phenolic OH excluding ortho intramolecular Hbond substituents is 1. The van der Waals surface area contributed by atoms with Crippen molar-refractivity contribution in [1.82, 2.24) is 4.90 Å². The summed E-state index contributed by atoms with van der Waals surface area (Å²) in [5.74, 6) is 0.524. The van der Waals surface area contributed by atoms with Gasteiger partial charge in [-0.2, -0.15) is 0 Å². The standard InChI is InChI=1S/C26H27NO6/c1-4-6-12-27(3)15-20-21(28)11-10-17-18(14-23(29)32-25(17)20)19-13-16-8-7-9-22(31-5-2)24(16)33-26(19)30/h7-11,13-14,28H,4-6,12,15H2,1-3H3. The second-order valence-corrected chi connectivity index (χ2v) is 8.07. The summed E-state index contributed by atoms with van der Waals surface area (Å²) in [7, 11) is 1.95. The zero-order valence-electron chi connectivity index (χ0n) is 19.0. The van der Waals surface area contributed by atoms with E-state index in [0.29, 0.717) is 46.4 Å². The number of phenols is 1. The zero-order valence-corrected chi connectivity index (χ0v) is 19.0. The van der Waals surface area contributed by atoms with Gasteiger partial charge >= 0.3 is 11.3 Å². The smallest absolute Gasteiger partial charge is 0.344 e. The molecule has 0 radical (unpaired) electrons. The van der Waals surface area contributed by atoms with Gasteiger partial charge in [0.25, 0.3) is 0 Å². The van der Waals surface area contributed by atoms with Crippen LogP contribution in [-0.2, 0) is 6.54 Å². The van der Waals surface area contributed by atoms with Crippen LogP contribution in [-0.4, -0.2) is 30.2 Å². The second kappa shape index (κ2) is 9.50. The Hall–Kier alpha value is -3.58. The maximum atomic E-state index is 13.0. The van der Waals surface area contributed by atoms with Gasteiger partial charge in [0.2, 0.25) is 0 Å². The Morgan fingerprint density at radius 2 is 1.82 bits per heavy atom. The van der Waals surface area contributed by atoms with E-state index >= 15 is 0 Å². The number of fused-ring (bicyclic) bond motifs is 2. The van der Waals surface area contributed by atoms with Crippen molar-refractivity contribution < 1.29 is 18.7 Å². The molecule has 0 atom stereocenters. The Kier molecular flexibility index (Phi) is 6.51. The van der Waals surface area contributed by atoms with Crippen molar-refractivity contribution >= 4 is 21.9 Å². The van der Waals surface area contributed by atoms with Gasteiger partial charge < -0.3 is 23.6 Å². The first kappa shape index (κ1) is 22.6. The Bertz CT molecular complexity index is 1420. The number of nitrogens with zero attached hydrogens (tertiary/aromatic N) is 1. The molecule has 0 fully saturated rings. The average Bonchev–Trinajstić information content (AvgIpc) is 2.79. The number of para-hydroxylation sites is 1. The number of rotatable bonds is 8. The summed E-state index contributed by atoms with van der Waals surface area (Å²) in [6.07, 6.45) is 2.06. The van der Waals surface area contributed by atoms with Crippen LogP contribution in [0.4, 0.5) is 0 Å². The molecule has 0 aliphatic carbocycles. The molecule has 0 saturated carbocycles. The Balaban J connectivity index is 1.91. The van der Waals surface area contributed by atoms with E-state index in [-0.39, 0.29) is 16.9 Å². The summed E-state index contributed by atoms with van der Waals surface area (Å²) in [5.41, 5.74) is 0.578. The molecule has 2 heterocycles. The molecule has 33 heavy (non-hydrogen) atoms. The molecule has 7 heteroatoms. The lowest BCUT2D eigenvalue weighted by molar-refractivity contribution is 0.314. The molecule has 0 bridgehead atoms. The van der Waals surface area contributed by atoms with Gasteiger partial charge in [0.1, 0.15) is 11.3 Å². The van der Waals surface area contributed by atoms with E-state index < -0.39 is 11.3 Å². The second-order valence-electron chi connectivity index (χ2n) is 8.07. The van der Waals surface area contributed by atoms with Crippen LogP contribution in [0.3, 0.4) is 0 Å². The summed E-state index contributed by atoms with van der Waals surface area (Å²) in [4.78, 5) is 27.5. The molecule has 4 rings (SSSR count). The van der Waals surface area contributed by atoms with Crippen LogP contribution in [0.15, 0.2) is 60.9 Å². The van der Waals surface area contributed by atoms with E-state index in [2.05, 4.69) is 11.8 Å². The van der Waals surface area contributed by atoms with Crippen molar-refractivity contribution in [3.8, 4) is 22.6 Å². The molecule has 1 N–H and O–H groups in total. The first-order chi connectivity index (χ1) is 15.9. The van der Waals surface area contributed by atoms with Crippen molar-refractivity contribution in [2.24, 2.45) is 0 Å². The molecule has 0 spiro atoms. The van der Waals surface area contributed by atoms with Crippen LogP contribution in [0, 0.1) is 0 Å². The maximum absolute atomic E-state index is 13.0. The van der Waals surface area contributed by atoms with E-state index in [9.17, 15) is 14.7 Å². The van der Waals surface area contributed by atoms with Crippen LogP contribution in [0.25, 0.3) is 33.1 Å². The van der Waals surface area contributed by atoms with E-state index in [0.717, 1.165) is 19.4 Å². The van der Waals surface area contributed by atoms with Crippen molar-refractivity contribution in [1.29, 1.82) is 0 Å². The molecule has 0 aliphatic rings. The molecule has 0 unspecified atom stereocenters. The molecule has 2 aromatic heterocycles. The molecule has 0 amide bonds. The van der Waals surface area contributed by atoms with Crippen molar-refractivity contribution in [3.05, 3.63) is 68.9 Å². The first-order valence-corrected chi connectivity index (χ1v) is 11.1. The molecule has 2 aromatic carbocycles. The van der Waals surface area contributed by atoms with E-state index in [1.54, 1.807) is 24.3 Å². The molecule has 7 nitrogen and oxygen atoms in total. The van der Waals surface area contributed by atoms with Gasteiger partial charge in [-0.3, -0.25) is 0 Å². The van der Waals surface area contributed by atoms with Crippen molar-refractivity contribution in [3.63, 3.8) is 0 Å².